The topological polar surface area (TPSA) is 40.8 Å². The average Bonchev–Trinajstić information content (AvgIpc) is 3.30. The zero-order valence-electron chi connectivity index (χ0n) is 18.8. The predicted molar refractivity (Wildman–Crippen MR) is 122 cm³/mol. The van der Waals surface area contributed by atoms with Crippen molar-refractivity contribution in [2.24, 2.45) is 0 Å². The first-order chi connectivity index (χ1) is 16.6. The first-order valence-corrected chi connectivity index (χ1v) is 11.0. The maximum Gasteiger partial charge on any atom is 0.231 e. The standard InChI is InChI=1S/C27H22F2NO4/c1-31-23-6-5-18-20(9-16-3-4-17(28)11-22(16)29)26-19-12-25-24(33-14-34-25)10-15(19)7-8-30(26)13-21(18)27(23)32-2/h3-6,10-13H,7-9,14H2,1-2H3/q+1. The lowest BCUT2D eigenvalue weighted by Gasteiger charge is -2.21. The molecular weight excluding hydrogens is 440 g/mol. The molecule has 34 heavy (non-hydrogen) atoms. The van der Waals surface area contributed by atoms with Crippen LogP contribution >= 0.6 is 0 Å². The molecule has 2 aliphatic rings. The van der Waals surface area contributed by atoms with Gasteiger partial charge >= 0.3 is 0 Å². The zero-order valence-corrected chi connectivity index (χ0v) is 18.8. The molecule has 0 fully saturated rings. The third-order valence-corrected chi connectivity index (χ3v) is 6.63. The van der Waals surface area contributed by atoms with Crippen molar-refractivity contribution in [3.63, 3.8) is 0 Å². The smallest absolute Gasteiger partial charge is 0.231 e. The Morgan fingerprint density at radius 3 is 2.53 bits per heavy atom. The Kier molecular flexibility index (Phi) is 4.79. The minimum atomic E-state index is -0.597. The van der Waals surface area contributed by atoms with Crippen LogP contribution in [0.4, 0.5) is 8.78 Å². The summed E-state index contributed by atoms with van der Waals surface area (Å²) in [6, 6.07) is 11.6. The lowest BCUT2D eigenvalue weighted by Crippen LogP contribution is -2.41. The number of aryl methyl sites for hydroxylation is 2. The number of fused-ring (bicyclic) bond motifs is 5. The zero-order chi connectivity index (χ0) is 23.4. The van der Waals surface area contributed by atoms with Gasteiger partial charge in [-0.05, 0) is 41.5 Å². The van der Waals surface area contributed by atoms with Gasteiger partial charge in [0.2, 0.25) is 12.5 Å². The summed E-state index contributed by atoms with van der Waals surface area (Å²) in [5, 5.41) is 1.78. The number of hydrogen-bond donors (Lipinski definition) is 0. The Morgan fingerprint density at radius 1 is 0.941 bits per heavy atom. The molecule has 4 aromatic rings. The van der Waals surface area contributed by atoms with Gasteiger partial charge in [-0.2, -0.15) is 4.57 Å². The maximum atomic E-state index is 14.8. The summed E-state index contributed by atoms with van der Waals surface area (Å²) in [5.41, 5.74) is 4.47. The molecule has 0 bridgehead atoms. The first kappa shape index (κ1) is 20.7. The number of aromatic nitrogens is 1. The van der Waals surface area contributed by atoms with Crippen molar-refractivity contribution in [1.29, 1.82) is 0 Å². The summed E-state index contributed by atoms with van der Waals surface area (Å²) >= 11 is 0. The average molecular weight is 462 g/mol. The van der Waals surface area contributed by atoms with Gasteiger partial charge in [-0.1, -0.05) is 6.07 Å². The fraction of sp³-hybridized carbons (Fsp3) is 0.222. The molecule has 172 valence electrons. The number of hydrogen-bond acceptors (Lipinski definition) is 4. The van der Waals surface area contributed by atoms with Crippen LogP contribution in [0.2, 0.25) is 0 Å². The third kappa shape index (κ3) is 3.15. The summed E-state index contributed by atoms with van der Waals surface area (Å²) in [6.07, 6.45) is 3.15. The molecular formula is C27H22F2NO4+. The fourth-order valence-corrected chi connectivity index (χ4v) is 5.04. The lowest BCUT2D eigenvalue weighted by molar-refractivity contribution is -0.686. The van der Waals surface area contributed by atoms with E-state index in [2.05, 4.69) is 10.8 Å². The maximum absolute atomic E-state index is 14.8. The van der Waals surface area contributed by atoms with Gasteiger partial charge < -0.3 is 18.9 Å². The first-order valence-electron chi connectivity index (χ1n) is 11.0. The van der Waals surface area contributed by atoms with Crippen LogP contribution in [0.3, 0.4) is 0 Å². The third-order valence-electron chi connectivity index (χ3n) is 6.63. The van der Waals surface area contributed by atoms with E-state index in [1.54, 1.807) is 14.2 Å². The quantitative estimate of drug-likeness (QED) is 0.402. The molecule has 0 amide bonds. The predicted octanol–water partition coefficient (Wildman–Crippen LogP) is 4.97. The van der Waals surface area contributed by atoms with Crippen molar-refractivity contribution in [2.45, 2.75) is 19.4 Å². The minimum absolute atomic E-state index is 0.195. The van der Waals surface area contributed by atoms with Gasteiger partial charge in [-0.25, -0.2) is 8.78 Å². The molecule has 0 radical (unpaired) electrons. The monoisotopic (exact) mass is 462 g/mol. The van der Waals surface area contributed by atoms with Crippen molar-refractivity contribution >= 4 is 10.8 Å². The Bertz CT molecular complexity index is 1470. The second-order valence-corrected chi connectivity index (χ2v) is 8.44. The van der Waals surface area contributed by atoms with Crippen molar-refractivity contribution in [3.05, 3.63) is 77.0 Å². The normalized spacial score (nSPS) is 13.5. The summed E-state index contributed by atoms with van der Waals surface area (Å²) < 4.78 is 53.0. The second-order valence-electron chi connectivity index (χ2n) is 8.44. The molecule has 0 spiro atoms. The number of methoxy groups -OCH3 is 2. The molecule has 3 aromatic carbocycles. The van der Waals surface area contributed by atoms with Crippen molar-refractivity contribution in [1.82, 2.24) is 0 Å². The van der Waals surface area contributed by atoms with Gasteiger partial charge in [-0.15, -0.1) is 0 Å². The molecule has 0 N–H and O–H groups in total. The Balaban J connectivity index is 1.66. The van der Waals surface area contributed by atoms with E-state index in [4.69, 9.17) is 18.9 Å². The number of halogens is 2. The Labute approximate surface area is 195 Å². The van der Waals surface area contributed by atoms with Crippen LogP contribution in [-0.4, -0.2) is 21.0 Å². The molecule has 7 heteroatoms. The van der Waals surface area contributed by atoms with Gasteiger partial charge in [-0.3, -0.25) is 0 Å². The molecule has 6 rings (SSSR count). The number of benzene rings is 3. The molecule has 0 aliphatic carbocycles. The van der Waals surface area contributed by atoms with Crippen molar-refractivity contribution in [2.75, 3.05) is 21.0 Å². The number of pyridine rings is 1. The van der Waals surface area contributed by atoms with E-state index in [1.807, 2.05) is 24.3 Å². The second kappa shape index (κ2) is 7.87. The highest BCUT2D eigenvalue weighted by molar-refractivity contribution is 5.95. The molecule has 0 unspecified atom stereocenters. The van der Waals surface area contributed by atoms with E-state index in [0.717, 1.165) is 57.9 Å². The summed E-state index contributed by atoms with van der Waals surface area (Å²) in [5.74, 6) is 1.50. The molecule has 2 aliphatic heterocycles. The SMILES string of the molecule is COc1ccc2c(Cc3ccc(F)cc3F)c3[n+](cc2c1OC)CCc1cc2c(cc1-3)OCO2. The summed E-state index contributed by atoms with van der Waals surface area (Å²) in [4.78, 5) is 0. The van der Waals surface area contributed by atoms with Crippen LogP contribution in [0.15, 0.2) is 48.7 Å². The largest absolute Gasteiger partial charge is 0.493 e. The summed E-state index contributed by atoms with van der Waals surface area (Å²) in [7, 11) is 3.21. The van der Waals surface area contributed by atoms with Crippen molar-refractivity contribution in [3.8, 4) is 34.3 Å². The van der Waals surface area contributed by atoms with Crippen LogP contribution in [0, 0.1) is 11.6 Å². The van der Waals surface area contributed by atoms with Gasteiger partial charge in [0.05, 0.1) is 25.2 Å². The molecule has 3 heterocycles. The van der Waals surface area contributed by atoms with Gasteiger partial charge in [0.1, 0.15) is 11.6 Å². The molecule has 0 saturated heterocycles. The van der Waals surface area contributed by atoms with E-state index in [0.29, 0.717) is 22.8 Å². The van der Waals surface area contributed by atoms with E-state index < -0.39 is 11.6 Å². The number of rotatable bonds is 4. The fourth-order valence-electron chi connectivity index (χ4n) is 5.04. The summed E-state index contributed by atoms with van der Waals surface area (Å²) in [6.45, 7) is 0.928. The highest BCUT2D eigenvalue weighted by atomic mass is 19.1. The lowest BCUT2D eigenvalue weighted by atomic mass is 9.88. The van der Waals surface area contributed by atoms with Gasteiger partial charge in [0.15, 0.2) is 35.7 Å². The van der Waals surface area contributed by atoms with E-state index in [-0.39, 0.29) is 13.2 Å². The van der Waals surface area contributed by atoms with Gasteiger partial charge in [0.25, 0.3) is 0 Å². The molecule has 5 nitrogen and oxygen atoms in total. The molecule has 0 saturated carbocycles. The minimum Gasteiger partial charge on any atom is -0.493 e. The van der Waals surface area contributed by atoms with Crippen LogP contribution in [-0.2, 0) is 19.4 Å². The van der Waals surface area contributed by atoms with Crippen LogP contribution in [0.25, 0.3) is 22.0 Å². The van der Waals surface area contributed by atoms with Gasteiger partial charge in [0, 0.05) is 29.9 Å². The van der Waals surface area contributed by atoms with Crippen LogP contribution in [0.1, 0.15) is 16.7 Å². The molecule has 1 aromatic heterocycles. The van der Waals surface area contributed by atoms with Crippen molar-refractivity contribution < 1.29 is 32.3 Å². The van der Waals surface area contributed by atoms with E-state index in [9.17, 15) is 8.78 Å². The number of ether oxygens (including phenoxy) is 4. The Morgan fingerprint density at radius 2 is 1.76 bits per heavy atom. The van der Waals surface area contributed by atoms with E-state index >= 15 is 0 Å². The van der Waals surface area contributed by atoms with Crippen LogP contribution < -0.4 is 23.5 Å². The van der Waals surface area contributed by atoms with Crippen LogP contribution in [0.5, 0.6) is 23.0 Å². The highest BCUT2D eigenvalue weighted by Crippen LogP contribution is 2.44. The highest BCUT2D eigenvalue weighted by Gasteiger charge is 2.32. The van der Waals surface area contributed by atoms with E-state index in [1.165, 1.54) is 12.1 Å². The molecule has 0 atom stereocenters. The number of nitrogens with zero attached hydrogens (tertiary/aromatic N) is 1. The Hall–Kier alpha value is -3.87.